The van der Waals surface area contributed by atoms with Gasteiger partial charge in [0.25, 0.3) is 0 Å². The van der Waals surface area contributed by atoms with Crippen molar-refractivity contribution in [2.75, 3.05) is 26.2 Å². The van der Waals surface area contributed by atoms with Crippen LogP contribution in [-0.2, 0) is 6.54 Å². The SMILES string of the molecule is CC(C)n1ncnc1CN1CCC(N2CCC(N)CC2)C1. The summed E-state index contributed by atoms with van der Waals surface area (Å²) in [5, 5.41) is 4.33. The van der Waals surface area contributed by atoms with Crippen molar-refractivity contribution < 1.29 is 0 Å². The van der Waals surface area contributed by atoms with E-state index in [9.17, 15) is 0 Å². The molecule has 1 aromatic heterocycles. The normalized spacial score (nSPS) is 26.0. The molecule has 21 heavy (non-hydrogen) atoms. The molecule has 0 aliphatic carbocycles. The van der Waals surface area contributed by atoms with Crippen LogP contribution in [0.1, 0.15) is 45.0 Å². The summed E-state index contributed by atoms with van der Waals surface area (Å²) in [6, 6.07) is 1.50. The lowest BCUT2D eigenvalue weighted by atomic mass is 10.0. The number of hydrogen-bond donors (Lipinski definition) is 1. The Labute approximate surface area is 127 Å². The molecule has 2 saturated heterocycles. The van der Waals surface area contributed by atoms with Crippen LogP contribution < -0.4 is 5.73 Å². The van der Waals surface area contributed by atoms with E-state index in [1.54, 1.807) is 6.33 Å². The molecule has 2 fully saturated rings. The quantitative estimate of drug-likeness (QED) is 0.891. The van der Waals surface area contributed by atoms with Gasteiger partial charge in [0.05, 0.1) is 6.54 Å². The van der Waals surface area contributed by atoms with Gasteiger partial charge in [0, 0.05) is 31.2 Å². The van der Waals surface area contributed by atoms with Crippen molar-refractivity contribution in [1.29, 1.82) is 0 Å². The van der Waals surface area contributed by atoms with Crippen molar-refractivity contribution in [1.82, 2.24) is 24.6 Å². The molecule has 2 aliphatic rings. The lowest BCUT2D eigenvalue weighted by Crippen LogP contribution is -2.46. The van der Waals surface area contributed by atoms with Crippen LogP contribution in [0.3, 0.4) is 0 Å². The largest absolute Gasteiger partial charge is 0.328 e. The second-order valence-electron chi connectivity index (χ2n) is 6.77. The molecule has 6 heteroatoms. The van der Waals surface area contributed by atoms with E-state index in [1.165, 1.54) is 19.5 Å². The van der Waals surface area contributed by atoms with Gasteiger partial charge in [0.15, 0.2) is 0 Å². The van der Waals surface area contributed by atoms with E-state index in [0.717, 1.165) is 38.3 Å². The van der Waals surface area contributed by atoms with E-state index in [2.05, 4.69) is 33.7 Å². The van der Waals surface area contributed by atoms with Crippen molar-refractivity contribution in [2.24, 2.45) is 5.73 Å². The molecule has 0 amide bonds. The van der Waals surface area contributed by atoms with Gasteiger partial charge >= 0.3 is 0 Å². The fourth-order valence-electron chi connectivity index (χ4n) is 3.56. The van der Waals surface area contributed by atoms with Crippen LogP contribution in [0.25, 0.3) is 0 Å². The predicted octanol–water partition coefficient (Wildman–Crippen LogP) is 0.856. The zero-order valence-electron chi connectivity index (χ0n) is 13.3. The summed E-state index contributed by atoms with van der Waals surface area (Å²) >= 11 is 0. The van der Waals surface area contributed by atoms with E-state index in [0.29, 0.717) is 18.1 Å². The monoisotopic (exact) mass is 292 g/mol. The number of nitrogens with zero attached hydrogens (tertiary/aromatic N) is 5. The summed E-state index contributed by atoms with van der Waals surface area (Å²) in [5.41, 5.74) is 6.00. The Bertz CT molecular complexity index is 449. The minimum Gasteiger partial charge on any atom is -0.328 e. The third-order valence-corrected chi connectivity index (χ3v) is 4.84. The van der Waals surface area contributed by atoms with Gasteiger partial charge in [0.2, 0.25) is 0 Å². The van der Waals surface area contributed by atoms with E-state index >= 15 is 0 Å². The Morgan fingerprint density at radius 2 is 2.00 bits per heavy atom. The summed E-state index contributed by atoms with van der Waals surface area (Å²) < 4.78 is 2.03. The van der Waals surface area contributed by atoms with Crippen LogP contribution in [0, 0.1) is 0 Å². The third-order valence-electron chi connectivity index (χ3n) is 4.84. The average molecular weight is 292 g/mol. The van der Waals surface area contributed by atoms with Crippen LogP contribution >= 0.6 is 0 Å². The van der Waals surface area contributed by atoms with Gasteiger partial charge in [0.1, 0.15) is 12.2 Å². The molecule has 1 aromatic rings. The van der Waals surface area contributed by atoms with Crippen molar-refractivity contribution in [3.05, 3.63) is 12.2 Å². The lowest BCUT2D eigenvalue weighted by Gasteiger charge is -2.34. The van der Waals surface area contributed by atoms with Crippen LogP contribution in [0.4, 0.5) is 0 Å². The highest BCUT2D eigenvalue weighted by Gasteiger charge is 2.30. The van der Waals surface area contributed by atoms with Gasteiger partial charge in [-0.1, -0.05) is 0 Å². The molecule has 2 N–H and O–H groups in total. The topological polar surface area (TPSA) is 63.2 Å². The van der Waals surface area contributed by atoms with E-state index < -0.39 is 0 Å². The van der Waals surface area contributed by atoms with Crippen LogP contribution in [0.5, 0.6) is 0 Å². The predicted molar refractivity (Wildman–Crippen MR) is 82.9 cm³/mol. The smallest absolute Gasteiger partial charge is 0.141 e. The number of rotatable bonds is 4. The molecule has 2 aliphatic heterocycles. The van der Waals surface area contributed by atoms with Crippen molar-refractivity contribution in [3.63, 3.8) is 0 Å². The van der Waals surface area contributed by atoms with Crippen LogP contribution in [0.15, 0.2) is 6.33 Å². The molecule has 0 radical (unpaired) electrons. The van der Waals surface area contributed by atoms with Crippen molar-refractivity contribution in [3.8, 4) is 0 Å². The molecular formula is C15H28N6. The molecule has 0 bridgehead atoms. The number of hydrogen-bond acceptors (Lipinski definition) is 5. The molecule has 1 atom stereocenters. The second-order valence-corrected chi connectivity index (χ2v) is 6.77. The van der Waals surface area contributed by atoms with Crippen molar-refractivity contribution in [2.45, 2.75) is 57.8 Å². The summed E-state index contributed by atoms with van der Waals surface area (Å²) in [4.78, 5) is 9.58. The van der Waals surface area contributed by atoms with Gasteiger partial charge in [-0.2, -0.15) is 5.10 Å². The first-order valence-electron chi connectivity index (χ1n) is 8.24. The maximum absolute atomic E-state index is 6.00. The Kier molecular flexibility index (Phi) is 4.57. The molecule has 3 rings (SSSR count). The maximum atomic E-state index is 6.00. The average Bonchev–Trinajstić information content (AvgIpc) is 3.09. The highest BCUT2D eigenvalue weighted by Crippen LogP contribution is 2.21. The fraction of sp³-hybridized carbons (Fsp3) is 0.867. The van der Waals surface area contributed by atoms with Gasteiger partial charge < -0.3 is 5.73 Å². The Morgan fingerprint density at radius 1 is 1.24 bits per heavy atom. The highest BCUT2D eigenvalue weighted by molar-refractivity contribution is 4.92. The first-order valence-corrected chi connectivity index (χ1v) is 8.24. The molecule has 0 saturated carbocycles. The number of likely N-dealkylation sites (tertiary alicyclic amines) is 2. The zero-order valence-corrected chi connectivity index (χ0v) is 13.3. The Morgan fingerprint density at radius 3 is 2.71 bits per heavy atom. The highest BCUT2D eigenvalue weighted by atomic mass is 15.4. The molecule has 3 heterocycles. The third kappa shape index (κ3) is 3.44. The van der Waals surface area contributed by atoms with Gasteiger partial charge in [-0.25, -0.2) is 9.67 Å². The molecule has 118 valence electrons. The van der Waals surface area contributed by atoms with Crippen molar-refractivity contribution >= 4 is 0 Å². The summed E-state index contributed by atoms with van der Waals surface area (Å²) in [7, 11) is 0. The van der Waals surface area contributed by atoms with Crippen LogP contribution in [0.2, 0.25) is 0 Å². The van der Waals surface area contributed by atoms with E-state index in [4.69, 9.17) is 5.73 Å². The van der Waals surface area contributed by atoms with Gasteiger partial charge in [-0.15, -0.1) is 0 Å². The summed E-state index contributed by atoms with van der Waals surface area (Å²) in [6.07, 6.45) is 5.25. The zero-order chi connectivity index (χ0) is 14.8. The standard InChI is InChI=1S/C15H28N6/c1-12(2)21-15(17-11-18-21)10-19-6-5-14(9-19)20-7-3-13(16)4-8-20/h11-14H,3-10,16H2,1-2H3. The molecule has 1 unspecified atom stereocenters. The van der Waals surface area contributed by atoms with Gasteiger partial charge in [-0.05, 0) is 46.2 Å². The summed E-state index contributed by atoms with van der Waals surface area (Å²) in [5.74, 6) is 1.09. The Hall–Kier alpha value is -0.980. The molecule has 0 aromatic carbocycles. The minimum atomic E-state index is 0.379. The maximum Gasteiger partial charge on any atom is 0.141 e. The molecular weight excluding hydrogens is 264 g/mol. The number of aromatic nitrogens is 3. The minimum absolute atomic E-state index is 0.379. The molecule has 0 spiro atoms. The number of nitrogens with two attached hydrogens (primary N) is 1. The first-order chi connectivity index (χ1) is 10.1. The van der Waals surface area contributed by atoms with Crippen LogP contribution in [-0.4, -0.2) is 62.8 Å². The lowest BCUT2D eigenvalue weighted by molar-refractivity contribution is 0.151. The van der Waals surface area contributed by atoms with E-state index in [-0.39, 0.29) is 0 Å². The Balaban J connectivity index is 1.54. The summed E-state index contributed by atoms with van der Waals surface area (Å²) in [6.45, 7) is 9.88. The van der Waals surface area contributed by atoms with Gasteiger partial charge in [-0.3, -0.25) is 9.80 Å². The first kappa shape index (κ1) is 14.9. The second kappa shape index (κ2) is 6.42. The van der Waals surface area contributed by atoms with E-state index in [1.807, 2.05) is 4.68 Å². The molecule has 6 nitrogen and oxygen atoms in total. The fourth-order valence-corrected chi connectivity index (χ4v) is 3.56. The number of piperidine rings is 1.